The Kier molecular flexibility index (Phi) is 5.91. The molecule has 0 atom stereocenters. The lowest BCUT2D eigenvalue weighted by atomic mass is 10.1. The molecule has 4 aromatic rings. The number of amides is 1. The average molecular weight is 430 g/mol. The van der Waals surface area contributed by atoms with Gasteiger partial charge in [0.15, 0.2) is 0 Å². The number of carbonyl (C=O) groups is 1. The molecule has 154 valence electrons. The molecule has 2 heterocycles. The predicted octanol–water partition coefficient (Wildman–Crippen LogP) is 5.52. The highest BCUT2D eigenvalue weighted by Gasteiger charge is 2.16. The molecule has 0 aliphatic rings. The number of nitrogens with zero attached hydrogens (tertiary/aromatic N) is 4. The smallest absolute Gasteiger partial charge is 0.258 e. The lowest BCUT2D eigenvalue weighted by molar-refractivity contribution is 0.0993. The topological polar surface area (TPSA) is 71.0 Å². The van der Waals surface area contributed by atoms with Gasteiger partial charge in [-0.3, -0.25) is 4.79 Å². The van der Waals surface area contributed by atoms with E-state index < -0.39 is 0 Å². The molecular formula is C24H20ClN5O. The summed E-state index contributed by atoms with van der Waals surface area (Å²) < 4.78 is 0. The molecule has 0 fully saturated rings. The monoisotopic (exact) mass is 429 g/mol. The minimum absolute atomic E-state index is 0.137. The number of nitrogens with one attached hydrogen (secondary N) is 1. The van der Waals surface area contributed by atoms with Gasteiger partial charge in [-0.2, -0.15) is 0 Å². The van der Waals surface area contributed by atoms with Crippen LogP contribution < -0.4 is 10.2 Å². The summed E-state index contributed by atoms with van der Waals surface area (Å²) in [7, 11) is 1.73. The summed E-state index contributed by atoms with van der Waals surface area (Å²) in [4.78, 5) is 27.4. The fourth-order valence-corrected chi connectivity index (χ4v) is 3.36. The van der Waals surface area contributed by atoms with Gasteiger partial charge < -0.3 is 10.2 Å². The van der Waals surface area contributed by atoms with Crippen LogP contribution in [0.4, 0.5) is 17.2 Å². The highest BCUT2D eigenvalue weighted by atomic mass is 35.5. The van der Waals surface area contributed by atoms with Crippen LogP contribution in [0, 0.1) is 6.92 Å². The zero-order valence-electron chi connectivity index (χ0n) is 17.1. The van der Waals surface area contributed by atoms with Gasteiger partial charge in [-0.1, -0.05) is 23.7 Å². The number of aromatic nitrogens is 3. The number of rotatable bonds is 5. The fourth-order valence-electron chi connectivity index (χ4n) is 3.17. The van der Waals surface area contributed by atoms with E-state index in [1.54, 1.807) is 36.5 Å². The van der Waals surface area contributed by atoms with E-state index in [-0.39, 0.29) is 5.91 Å². The first-order chi connectivity index (χ1) is 15.0. The predicted molar refractivity (Wildman–Crippen MR) is 124 cm³/mol. The summed E-state index contributed by atoms with van der Waals surface area (Å²) in [5.74, 6) is 0.513. The van der Waals surface area contributed by atoms with E-state index in [1.165, 1.54) is 6.33 Å². The van der Waals surface area contributed by atoms with Gasteiger partial charge in [0.25, 0.3) is 5.91 Å². The van der Waals surface area contributed by atoms with Gasteiger partial charge in [0.2, 0.25) is 0 Å². The summed E-state index contributed by atoms with van der Waals surface area (Å²) in [5.41, 5.74) is 4.66. The molecule has 0 radical (unpaired) electrons. The molecule has 1 amide bonds. The van der Waals surface area contributed by atoms with Gasteiger partial charge in [0.1, 0.15) is 12.1 Å². The van der Waals surface area contributed by atoms with Gasteiger partial charge in [-0.25, -0.2) is 15.0 Å². The molecule has 2 aromatic heterocycles. The van der Waals surface area contributed by atoms with Crippen LogP contribution in [-0.2, 0) is 0 Å². The zero-order valence-corrected chi connectivity index (χ0v) is 17.8. The summed E-state index contributed by atoms with van der Waals surface area (Å²) >= 11 is 6.08. The number of benzene rings is 2. The van der Waals surface area contributed by atoms with Crippen LogP contribution in [0.3, 0.4) is 0 Å². The molecule has 0 saturated carbocycles. The highest BCUT2D eigenvalue weighted by molar-refractivity contribution is 6.31. The van der Waals surface area contributed by atoms with Gasteiger partial charge in [0, 0.05) is 47.0 Å². The summed E-state index contributed by atoms with van der Waals surface area (Å²) in [6.45, 7) is 1.98. The third-order valence-electron chi connectivity index (χ3n) is 4.90. The van der Waals surface area contributed by atoms with Crippen molar-refractivity contribution in [3.05, 3.63) is 95.5 Å². The molecule has 6 nitrogen and oxygen atoms in total. The first-order valence-electron chi connectivity index (χ1n) is 9.65. The van der Waals surface area contributed by atoms with Crippen molar-refractivity contribution >= 4 is 34.7 Å². The summed E-state index contributed by atoms with van der Waals surface area (Å²) in [6, 6.07) is 18.4. The molecule has 0 aliphatic heterocycles. The Morgan fingerprint density at radius 1 is 1.00 bits per heavy atom. The maximum Gasteiger partial charge on any atom is 0.258 e. The number of hydrogen-bond donors (Lipinski definition) is 1. The van der Waals surface area contributed by atoms with Crippen LogP contribution in [0.1, 0.15) is 15.9 Å². The van der Waals surface area contributed by atoms with Crippen molar-refractivity contribution in [1.29, 1.82) is 0 Å². The number of carbonyl (C=O) groups excluding carboxylic acids is 1. The summed E-state index contributed by atoms with van der Waals surface area (Å²) in [5, 5.41) is 3.94. The molecule has 0 unspecified atom stereocenters. The second-order valence-electron chi connectivity index (χ2n) is 6.99. The summed E-state index contributed by atoms with van der Waals surface area (Å²) in [6.07, 6.45) is 4.90. The lowest BCUT2D eigenvalue weighted by Gasteiger charge is -2.19. The molecule has 7 heteroatoms. The Morgan fingerprint density at radius 2 is 1.87 bits per heavy atom. The van der Waals surface area contributed by atoms with Crippen LogP contribution in [0.15, 0.2) is 79.4 Å². The zero-order chi connectivity index (χ0) is 21.8. The Balaban J connectivity index is 1.65. The largest absolute Gasteiger partial charge is 0.339 e. The molecule has 2 aromatic carbocycles. The highest BCUT2D eigenvalue weighted by Crippen LogP contribution is 2.29. The second-order valence-corrected chi connectivity index (χ2v) is 7.43. The van der Waals surface area contributed by atoms with E-state index in [1.807, 2.05) is 55.5 Å². The minimum Gasteiger partial charge on any atom is -0.339 e. The first-order valence-corrected chi connectivity index (χ1v) is 10.0. The van der Waals surface area contributed by atoms with Gasteiger partial charge >= 0.3 is 0 Å². The minimum atomic E-state index is -0.137. The molecule has 31 heavy (non-hydrogen) atoms. The quantitative estimate of drug-likeness (QED) is 0.452. The van der Waals surface area contributed by atoms with Crippen molar-refractivity contribution in [1.82, 2.24) is 15.0 Å². The number of halogens is 1. The maximum atomic E-state index is 13.1. The van der Waals surface area contributed by atoms with E-state index in [4.69, 9.17) is 11.6 Å². The van der Waals surface area contributed by atoms with Crippen LogP contribution in [0.2, 0.25) is 5.02 Å². The molecular weight excluding hydrogens is 410 g/mol. The van der Waals surface area contributed by atoms with Gasteiger partial charge in [0.05, 0.1) is 5.69 Å². The SMILES string of the molecule is Cc1ccc(C(=O)N(C)c2cccc(Cl)c2)cc1Nc1ncccc1-c1ccncn1. The average Bonchev–Trinajstić information content (AvgIpc) is 2.80. The van der Waals surface area contributed by atoms with Crippen molar-refractivity contribution in [3.63, 3.8) is 0 Å². The van der Waals surface area contributed by atoms with Crippen molar-refractivity contribution in [3.8, 4) is 11.3 Å². The third kappa shape index (κ3) is 4.54. The normalized spacial score (nSPS) is 10.5. The molecule has 4 rings (SSSR count). The number of anilines is 3. The molecule has 0 aliphatic carbocycles. The molecule has 0 bridgehead atoms. The van der Waals surface area contributed by atoms with Crippen molar-refractivity contribution in [2.24, 2.45) is 0 Å². The van der Waals surface area contributed by atoms with E-state index in [2.05, 4.69) is 20.3 Å². The lowest BCUT2D eigenvalue weighted by Crippen LogP contribution is -2.26. The molecule has 0 spiro atoms. The Bertz CT molecular complexity index is 1230. The Morgan fingerprint density at radius 3 is 2.65 bits per heavy atom. The van der Waals surface area contributed by atoms with E-state index in [0.29, 0.717) is 16.4 Å². The molecule has 1 N–H and O–H groups in total. The maximum absolute atomic E-state index is 13.1. The number of aryl methyl sites for hydroxylation is 1. The Hall–Kier alpha value is -3.77. The first kappa shape index (κ1) is 20.5. The standard InChI is InChI=1S/C24H20ClN5O/c1-16-8-9-17(24(31)30(2)19-6-3-5-18(25)14-19)13-22(16)29-23-20(7-4-11-27-23)21-10-12-26-15-28-21/h3-15H,1-2H3,(H,27,29). The van der Waals surface area contributed by atoms with Crippen molar-refractivity contribution < 1.29 is 4.79 Å². The van der Waals surface area contributed by atoms with Gasteiger partial charge in [-0.05, 0) is 61.0 Å². The van der Waals surface area contributed by atoms with E-state index in [0.717, 1.165) is 28.2 Å². The molecule has 0 saturated heterocycles. The van der Waals surface area contributed by atoms with E-state index >= 15 is 0 Å². The van der Waals surface area contributed by atoms with Crippen LogP contribution in [-0.4, -0.2) is 27.9 Å². The van der Waals surface area contributed by atoms with Crippen LogP contribution in [0.25, 0.3) is 11.3 Å². The van der Waals surface area contributed by atoms with Crippen LogP contribution >= 0.6 is 11.6 Å². The fraction of sp³-hybridized carbons (Fsp3) is 0.0833. The van der Waals surface area contributed by atoms with E-state index in [9.17, 15) is 4.79 Å². The third-order valence-corrected chi connectivity index (χ3v) is 5.14. The number of hydrogen-bond acceptors (Lipinski definition) is 5. The number of pyridine rings is 1. The second kappa shape index (κ2) is 8.93. The Labute approximate surface area is 185 Å². The van der Waals surface area contributed by atoms with Crippen LogP contribution in [0.5, 0.6) is 0 Å². The van der Waals surface area contributed by atoms with Crippen molar-refractivity contribution in [2.45, 2.75) is 6.92 Å². The van der Waals surface area contributed by atoms with Gasteiger partial charge in [-0.15, -0.1) is 0 Å². The van der Waals surface area contributed by atoms with Crippen molar-refractivity contribution in [2.75, 3.05) is 17.3 Å².